The molecule has 28 heavy (non-hydrogen) atoms. The maximum absolute atomic E-state index is 15.0. The van der Waals surface area contributed by atoms with Gasteiger partial charge in [0.05, 0.1) is 27.7 Å². The van der Waals surface area contributed by atoms with E-state index in [1.807, 2.05) is 0 Å². The van der Waals surface area contributed by atoms with Crippen molar-refractivity contribution in [1.29, 1.82) is 0 Å². The molecule has 148 valence electrons. The molecule has 3 aliphatic rings. The Bertz CT molecular complexity index is 1100. The number of benzene rings is 1. The number of nitrogens with zero attached hydrogens (tertiary/aromatic N) is 2. The lowest BCUT2D eigenvalue weighted by atomic mass is 10.0. The van der Waals surface area contributed by atoms with Gasteiger partial charge in [-0.25, -0.2) is 13.6 Å². The fourth-order valence-electron chi connectivity index (χ4n) is 4.43. The van der Waals surface area contributed by atoms with Crippen molar-refractivity contribution in [3.63, 3.8) is 0 Å². The van der Waals surface area contributed by atoms with Gasteiger partial charge in [0.15, 0.2) is 0 Å². The summed E-state index contributed by atoms with van der Waals surface area (Å²) in [5, 5.41) is 9.16. The lowest BCUT2D eigenvalue weighted by Crippen LogP contribution is -2.30. The van der Waals surface area contributed by atoms with Crippen molar-refractivity contribution in [2.75, 3.05) is 18.0 Å². The highest BCUT2D eigenvalue weighted by Crippen LogP contribution is 2.54. The Hall–Kier alpha value is -2.19. The number of carbonyl (C=O) groups is 1. The third-order valence-electron chi connectivity index (χ3n) is 6.37. The van der Waals surface area contributed by atoms with Crippen LogP contribution in [0.5, 0.6) is 0 Å². The number of alkyl halides is 1. The number of fused-ring (bicyclic) bond motifs is 1. The highest BCUT2D eigenvalue weighted by Gasteiger charge is 2.54. The Labute approximate surface area is 163 Å². The van der Waals surface area contributed by atoms with Gasteiger partial charge < -0.3 is 20.3 Å². The molecule has 9 heteroatoms. The number of anilines is 1. The number of carboxylic acid groups (broad SMARTS) is 1. The van der Waals surface area contributed by atoms with Crippen molar-refractivity contribution in [3.8, 4) is 0 Å². The first-order valence-electron chi connectivity index (χ1n) is 9.18. The standard InChI is InChI=1S/C19H18ClF2N3O3/c20-14-15-8(17(26)9(18(27)28)5-25(15)12-4-10(12)21)3-11(22)16(14)24-6-13(23)19(7-24)1-2-19/h3,5,10,12-13H,1-2,4,6-7,23H2,(H,27,28)/t10-,12-,13+/m0/s1. The highest BCUT2D eigenvalue weighted by atomic mass is 35.5. The number of carboxylic acids is 1. The molecule has 0 amide bonds. The van der Waals surface area contributed by atoms with Crippen LogP contribution in [0.2, 0.25) is 5.02 Å². The van der Waals surface area contributed by atoms with Crippen LogP contribution in [0.25, 0.3) is 10.9 Å². The van der Waals surface area contributed by atoms with Gasteiger partial charge in [0, 0.05) is 37.2 Å². The van der Waals surface area contributed by atoms with E-state index in [1.165, 1.54) is 4.57 Å². The molecule has 1 aliphatic heterocycles. The Kier molecular flexibility index (Phi) is 3.62. The lowest BCUT2D eigenvalue weighted by Gasteiger charge is -2.23. The normalized spacial score (nSPS) is 27.6. The Morgan fingerprint density at radius 3 is 2.61 bits per heavy atom. The summed E-state index contributed by atoms with van der Waals surface area (Å²) in [6, 6.07) is 0.308. The lowest BCUT2D eigenvalue weighted by molar-refractivity contribution is 0.0694. The fraction of sp³-hybridized carbons (Fsp3) is 0.474. The summed E-state index contributed by atoms with van der Waals surface area (Å²) >= 11 is 6.56. The molecule has 2 aliphatic carbocycles. The zero-order valence-corrected chi connectivity index (χ0v) is 15.5. The summed E-state index contributed by atoms with van der Waals surface area (Å²) in [7, 11) is 0. The first-order chi connectivity index (χ1) is 13.2. The molecule has 0 unspecified atom stereocenters. The topological polar surface area (TPSA) is 88.6 Å². The molecule has 3 fully saturated rings. The van der Waals surface area contributed by atoms with Gasteiger partial charge in [-0.05, 0) is 18.9 Å². The Morgan fingerprint density at radius 2 is 2.07 bits per heavy atom. The van der Waals surface area contributed by atoms with E-state index in [0.717, 1.165) is 25.1 Å². The predicted molar refractivity (Wildman–Crippen MR) is 101 cm³/mol. The number of pyridine rings is 1. The second kappa shape index (κ2) is 5.67. The van der Waals surface area contributed by atoms with Crippen molar-refractivity contribution in [1.82, 2.24) is 4.57 Å². The highest BCUT2D eigenvalue weighted by molar-refractivity contribution is 6.38. The smallest absolute Gasteiger partial charge is 0.341 e. The molecule has 5 rings (SSSR count). The minimum absolute atomic E-state index is 0.00645. The van der Waals surface area contributed by atoms with E-state index in [0.29, 0.717) is 13.1 Å². The largest absolute Gasteiger partial charge is 0.477 e. The van der Waals surface area contributed by atoms with Crippen molar-refractivity contribution in [2.45, 2.75) is 37.5 Å². The summed E-state index contributed by atoms with van der Waals surface area (Å²) in [5.74, 6) is -2.15. The number of rotatable bonds is 3. The summed E-state index contributed by atoms with van der Waals surface area (Å²) in [6.07, 6.45) is 2.11. The Morgan fingerprint density at radius 1 is 1.39 bits per heavy atom. The van der Waals surface area contributed by atoms with E-state index in [4.69, 9.17) is 17.3 Å². The van der Waals surface area contributed by atoms with E-state index < -0.39 is 35.0 Å². The predicted octanol–water partition coefficient (Wildman–Crippen LogP) is 2.70. The summed E-state index contributed by atoms with van der Waals surface area (Å²) in [5.41, 5.74) is 5.15. The third kappa shape index (κ3) is 2.40. The van der Waals surface area contributed by atoms with Gasteiger partial charge in [-0.1, -0.05) is 11.6 Å². The van der Waals surface area contributed by atoms with E-state index in [9.17, 15) is 19.1 Å². The second-order valence-electron chi connectivity index (χ2n) is 8.17. The number of hydrogen-bond donors (Lipinski definition) is 2. The van der Waals surface area contributed by atoms with E-state index in [1.54, 1.807) is 4.90 Å². The molecule has 1 saturated heterocycles. The average molecular weight is 410 g/mol. The molecule has 0 bridgehead atoms. The molecular weight excluding hydrogens is 392 g/mol. The number of nitrogens with two attached hydrogens (primary N) is 1. The average Bonchev–Trinajstić information content (AvgIpc) is 3.51. The second-order valence-corrected chi connectivity index (χ2v) is 8.55. The SMILES string of the molecule is N[C@@H]1CN(c2c(F)cc3c(=O)c(C(=O)O)cn([C@H]4C[C@@H]4F)c3c2Cl)CC12CC2. The van der Waals surface area contributed by atoms with Gasteiger partial charge in [-0.15, -0.1) is 0 Å². The molecule has 1 spiro atoms. The molecule has 6 nitrogen and oxygen atoms in total. The number of aromatic nitrogens is 1. The summed E-state index contributed by atoms with van der Waals surface area (Å²) in [6.45, 7) is 1.01. The quantitative estimate of drug-likeness (QED) is 0.813. The minimum Gasteiger partial charge on any atom is -0.477 e. The molecule has 1 aromatic carbocycles. The van der Waals surface area contributed by atoms with Crippen LogP contribution in [0.1, 0.15) is 35.7 Å². The molecular formula is C19H18ClF2N3O3. The van der Waals surface area contributed by atoms with E-state index in [-0.39, 0.29) is 39.5 Å². The Balaban J connectivity index is 1.75. The maximum atomic E-state index is 15.0. The van der Waals surface area contributed by atoms with Gasteiger partial charge in [0.1, 0.15) is 17.6 Å². The number of aromatic carboxylic acids is 1. The van der Waals surface area contributed by atoms with Crippen LogP contribution in [0.15, 0.2) is 17.1 Å². The molecule has 0 radical (unpaired) electrons. The fourth-order valence-corrected chi connectivity index (χ4v) is 4.84. The van der Waals surface area contributed by atoms with Gasteiger partial charge in [0.25, 0.3) is 0 Å². The molecule has 2 heterocycles. The van der Waals surface area contributed by atoms with Gasteiger partial charge in [-0.2, -0.15) is 0 Å². The van der Waals surface area contributed by atoms with Crippen LogP contribution >= 0.6 is 11.6 Å². The van der Waals surface area contributed by atoms with Gasteiger partial charge >= 0.3 is 5.97 Å². The number of halogens is 3. The van der Waals surface area contributed by atoms with E-state index >= 15 is 4.39 Å². The summed E-state index contributed by atoms with van der Waals surface area (Å²) in [4.78, 5) is 25.8. The van der Waals surface area contributed by atoms with Crippen molar-refractivity contribution < 1.29 is 18.7 Å². The molecule has 2 saturated carbocycles. The van der Waals surface area contributed by atoms with Crippen LogP contribution < -0.4 is 16.1 Å². The zero-order valence-electron chi connectivity index (χ0n) is 14.8. The van der Waals surface area contributed by atoms with Crippen LogP contribution in [0.4, 0.5) is 14.5 Å². The van der Waals surface area contributed by atoms with E-state index in [2.05, 4.69) is 0 Å². The number of hydrogen-bond acceptors (Lipinski definition) is 4. The van der Waals surface area contributed by atoms with Crippen LogP contribution in [-0.2, 0) is 0 Å². The summed E-state index contributed by atoms with van der Waals surface area (Å²) < 4.78 is 30.2. The van der Waals surface area contributed by atoms with Crippen molar-refractivity contribution in [3.05, 3.63) is 38.9 Å². The molecule has 1 aromatic heterocycles. The molecule has 3 N–H and O–H groups in total. The van der Waals surface area contributed by atoms with Crippen molar-refractivity contribution >= 4 is 34.2 Å². The van der Waals surface area contributed by atoms with Crippen molar-refractivity contribution in [2.24, 2.45) is 11.1 Å². The van der Waals surface area contributed by atoms with Crippen LogP contribution in [-0.4, -0.2) is 40.9 Å². The monoisotopic (exact) mass is 409 g/mol. The van der Waals surface area contributed by atoms with Gasteiger partial charge in [0.2, 0.25) is 5.43 Å². The first-order valence-corrected chi connectivity index (χ1v) is 9.56. The van der Waals surface area contributed by atoms with Crippen LogP contribution in [0, 0.1) is 11.2 Å². The first kappa shape index (κ1) is 17.9. The van der Waals surface area contributed by atoms with Gasteiger partial charge in [-0.3, -0.25) is 4.79 Å². The minimum atomic E-state index is -1.45. The maximum Gasteiger partial charge on any atom is 0.341 e. The molecule has 2 aromatic rings. The third-order valence-corrected chi connectivity index (χ3v) is 6.73. The zero-order chi connectivity index (χ0) is 20.0. The molecule has 3 atom stereocenters. The van der Waals surface area contributed by atoms with Crippen LogP contribution in [0.3, 0.4) is 0 Å².